The second kappa shape index (κ2) is 7.97. The van der Waals surface area contributed by atoms with Crippen molar-refractivity contribution in [3.05, 3.63) is 35.9 Å². The summed E-state index contributed by atoms with van der Waals surface area (Å²) in [7, 11) is 1.80. The highest BCUT2D eigenvalue weighted by Crippen LogP contribution is 2.49. The van der Waals surface area contributed by atoms with E-state index in [0.29, 0.717) is 0 Å². The van der Waals surface area contributed by atoms with Gasteiger partial charge in [-0.15, -0.1) is 0 Å². The van der Waals surface area contributed by atoms with Gasteiger partial charge < -0.3 is 14.4 Å². The van der Waals surface area contributed by atoms with Crippen LogP contribution in [0.3, 0.4) is 0 Å². The quantitative estimate of drug-likeness (QED) is 0.700. The van der Waals surface area contributed by atoms with Gasteiger partial charge >= 0.3 is 0 Å². The van der Waals surface area contributed by atoms with Crippen molar-refractivity contribution in [1.29, 1.82) is 0 Å². The topological polar surface area (TPSA) is 24.9 Å². The van der Waals surface area contributed by atoms with E-state index in [-0.39, 0.29) is 11.2 Å². The van der Waals surface area contributed by atoms with E-state index in [0.717, 1.165) is 39.1 Å². The number of ether oxygens (including phenoxy) is 2. The van der Waals surface area contributed by atoms with Crippen molar-refractivity contribution in [2.24, 2.45) is 0 Å². The predicted octanol–water partition coefficient (Wildman–Crippen LogP) is 2.97. The van der Waals surface area contributed by atoms with Gasteiger partial charge in [0, 0.05) is 53.0 Å². The van der Waals surface area contributed by atoms with E-state index in [2.05, 4.69) is 40.1 Å². The summed E-state index contributed by atoms with van der Waals surface area (Å²) in [5.74, 6) is 0. The molecule has 2 saturated heterocycles. The Morgan fingerprint density at radius 2 is 1.62 bits per heavy atom. The molecule has 0 amide bonds. The molecule has 1 aliphatic carbocycles. The van der Waals surface area contributed by atoms with E-state index >= 15 is 0 Å². The van der Waals surface area contributed by atoms with Crippen LogP contribution in [0.2, 0.25) is 0 Å². The molecule has 4 heteroatoms. The molecule has 4 nitrogen and oxygen atoms in total. The molecule has 2 aliphatic heterocycles. The number of likely N-dealkylation sites (tertiary alicyclic amines) is 1. The zero-order valence-corrected chi connectivity index (χ0v) is 16.3. The molecule has 2 spiro atoms. The molecule has 0 aromatic heterocycles. The van der Waals surface area contributed by atoms with Crippen molar-refractivity contribution in [3.8, 4) is 0 Å². The van der Waals surface area contributed by atoms with Crippen LogP contribution in [0.25, 0.3) is 0 Å². The highest BCUT2D eigenvalue weighted by Gasteiger charge is 2.55. The van der Waals surface area contributed by atoms with Gasteiger partial charge in [0.1, 0.15) is 0 Å². The van der Waals surface area contributed by atoms with Gasteiger partial charge in [-0.05, 0) is 44.1 Å². The van der Waals surface area contributed by atoms with E-state index in [4.69, 9.17) is 9.47 Å². The van der Waals surface area contributed by atoms with Gasteiger partial charge in [-0.2, -0.15) is 0 Å². The van der Waals surface area contributed by atoms with Gasteiger partial charge in [0.2, 0.25) is 0 Å². The maximum atomic E-state index is 6.76. The molecule has 4 rings (SSSR count). The molecule has 1 saturated carbocycles. The van der Waals surface area contributed by atoms with Gasteiger partial charge in [0.15, 0.2) is 0 Å². The molecule has 1 aromatic carbocycles. The summed E-state index contributed by atoms with van der Waals surface area (Å²) in [6.45, 7) is 7.79. The Morgan fingerprint density at radius 1 is 0.923 bits per heavy atom. The molecule has 0 unspecified atom stereocenters. The number of methoxy groups -OCH3 is 1. The molecule has 3 aliphatic rings. The van der Waals surface area contributed by atoms with Crippen molar-refractivity contribution in [2.75, 3.05) is 53.0 Å². The summed E-state index contributed by atoms with van der Waals surface area (Å²) in [4.78, 5) is 5.29. The number of nitrogens with zero attached hydrogens (tertiary/aromatic N) is 2. The molecule has 1 aromatic rings. The molecule has 144 valence electrons. The number of hydrogen-bond donors (Lipinski definition) is 0. The number of morpholine rings is 1. The van der Waals surface area contributed by atoms with Crippen molar-refractivity contribution in [3.63, 3.8) is 0 Å². The maximum Gasteiger partial charge on any atom is 0.0841 e. The first-order valence-corrected chi connectivity index (χ1v) is 10.4. The molecule has 0 atom stereocenters. The van der Waals surface area contributed by atoms with Crippen LogP contribution < -0.4 is 0 Å². The average Bonchev–Trinajstić information content (AvgIpc) is 3.40. The van der Waals surface area contributed by atoms with Crippen LogP contribution in [-0.4, -0.2) is 74.0 Å². The maximum absolute atomic E-state index is 6.76. The first-order chi connectivity index (χ1) is 12.7. The van der Waals surface area contributed by atoms with Gasteiger partial charge in [0.05, 0.1) is 11.2 Å². The van der Waals surface area contributed by atoms with Gasteiger partial charge in [0.25, 0.3) is 0 Å². The summed E-state index contributed by atoms with van der Waals surface area (Å²) in [5.41, 5.74) is 1.74. The Hall–Kier alpha value is -0.940. The highest BCUT2D eigenvalue weighted by molar-refractivity contribution is 5.15. The minimum absolute atomic E-state index is 0.102. The fourth-order valence-corrected chi connectivity index (χ4v) is 4.76. The third-order valence-corrected chi connectivity index (χ3v) is 6.41. The Bertz CT molecular complexity index is 565. The van der Waals surface area contributed by atoms with Gasteiger partial charge in [-0.3, -0.25) is 4.90 Å². The summed E-state index contributed by atoms with van der Waals surface area (Å²) in [6, 6.07) is 10.9. The predicted molar refractivity (Wildman–Crippen MR) is 105 cm³/mol. The Balaban J connectivity index is 1.29. The monoisotopic (exact) mass is 358 g/mol. The Kier molecular flexibility index (Phi) is 5.65. The largest absolute Gasteiger partial charge is 0.385 e. The van der Waals surface area contributed by atoms with E-state index in [9.17, 15) is 0 Å². The first kappa shape index (κ1) is 18.4. The Labute approximate surface area is 158 Å². The fourth-order valence-electron chi connectivity index (χ4n) is 4.76. The molecule has 0 bridgehead atoms. The van der Waals surface area contributed by atoms with E-state index in [1.54, 1.807) is 7.11 Å². The Morgan fingerprint density at radius 3 is 2.27 bits per heavy atom. The highest BCUT2D eigenvalue weighted by atomic mass is 16.5. The number of rotatable bonds is 7. The summed E-state index contributed by atoms with van der Waals surface area (Å²) >= 11 is 0. The van der Waals surface area contributed by atoms with Crippen LogP contribution in [0.15, 0.2) is 30.3 Å². The van der Waals surface area contributed by atoms with Crippen LogP contribution in [0.5, 0.6) is 0 Å². The number of hydrogen-bond acceptors (Lipinski definition) is 4. The van der Waals surface area contributed by atoms with Crippen LogP contribution in [0, 0.1) is 0 Å². The lowest BCUT2D eigenvalue weighted by Crippen LogP contribution is -2.60. The molecule has 26 heavy (non-hydrogen) atoms. The van der Waals surface area contributed by atoms with Crippen molar-refractivity contribution >= 4 is 0 Å². The molecule has 3 fully saturated rings. The van der Waals surface area contributed by atoms with Crippen molar-refractivity contribution < 1.29 is 9.47 Å². The van der Waals surface area contributed by atoms with E-state index < -0.39 is 0 Å². The lowest BCUT2D eigenvalue weighted by molar-refractivity contribution is -0.188. The van der Waals surface area contributed by atoms with Crippen molar-refractivity contribution in [2.45, 2.75) is 49.7 Å². The minimum atomic E-state index is 0.102. The molecule has 0 N–H and O–H groups in total. The third kappa shape index (κ3) is 4.48. The zero-order valence-electron chi connectivity index (χ0n) is 16.3. The summed E-state index contributed by atoms with van der Waals surface area (Å²) < 4.78 is 12.0. The second-order valence-electron chi connectivity index (χ2n) is 8.60. The van der Waals surface area contributed by atoms with Crippen LogP contribution in [0.1, 0.15) is 37.7 Å². The molecule has 2 heterocycles. The third-order valence-electron chi connectivity index (χ3n) is 6.41. The first-order valence-electron chi connectivity index (χ1n) is 10.4. The number of benzene rings is 1. The smallest absolute Gasteiger partial charge is 0.0841 e. The van der Waals surface area contributed by atoms with Gasteiger partial charge in [-0.25, -0.2) is 0 Å². The zero-order chi connectivity index (χ0) is 17.9. The fraction of sp³-hybridized carbons (Fsp3) is 0.727. The van der Waals surface area contributed by atoms with Crippen LogP contribution in [0.4, 0.5) is 0 Å². The summed E-state index contributed by atoms with van der Waals surface area (Å²) in [5, 5.41) is 0. The summed E-state index contributed by atoms with van der Waals surface area (Å²) in [6.07, 6.45) is 7.17. The van der Waals surface area contributed by atoms with Crippen molar-refractivity contribution in [1.82, 2.24) is 9.80 Å². The van der Waals surface area contributed by atoms with Crippen LogP contribution >= 0.6 is 0 Å². The normalized spacial score (nSPS) is 25.0. The average molecular weight is 359 g/mol. The minimum Gasteiger partial charge on any atom is -0.385 e. The van der Waals surface area contributed by atoms with Gasteiger partial charge in [-0.1, -0.05) is 30.3 Å². The standard InChI is InChI=1S/C22H34N2O2/c1-25-17-5-13-24-18-21(9-10-21)26-22(19-24)11-15-23(16-12-22)14-8-20-6-3-2-4-7-20/h2-4,6-7H,5,8-19H2,1H3. The molecular weight excluding hydrogens is 324 g/mol. The van der Waals surface area contributed by atoms with E-state index in [1.807, 2.05) is 0 Å². The van der Waals surface area contributed by atoms with Crippen LogP contribution in [-0.2, 0) is 15.9 Å². The number of piperidine rings is 1. The van der Waals surface area contributed by atoms with E-state index in [1.165, 1.54) is 50.9 Å². The lowest BCUT2D eigenvalue weighted by atomic mass is 9.88. The second-order valence-corrected chi connectivity index (χ2v) is 8.60. The lowest BCUT2D eigenvalue weighted by Gasteiger charge is -2.50. The molecule has 0 radical (unpaired) electrons. The SMILES string of the molecule is COCCCN1CC2(CCN(CCc3ccccc3)CC2)OC2(CC2)C1. The molecular formula is C22H34N2O2.